The molecule has 0 radical (unpaired) electrons. The van der Waals surface area contributed by atoms with Crippen molar-refractivity contribution in [3.63, 3.8) is 0 Å². The standard InChI is InChI=1S/C16H32N2/c1-4-15-6-5-9-16(15,12-17)18-10-7-14(8-11-18)13(2)3/h13-15H,4-12,17H2,1-3H3. The lowest BCUT2D eigenvalue weighted by atomic mass is 9.79. The monoisotopic (exact) mass is 252 g/mol. The normalized spacial score (nSPS) is 35.5. The van der Waals surface area contributed by atoms with Crippen LogP contribution in [-0.4, -0.2) is 30.1 Å². The number of nitrogens with two attached hydrogens (primary N) is 1. The molecule has 1 saturated carbocycles. The van der Waals surface area contributed by atoms with Crippen LogP contribution in [0.25, 0.3) is 0 Å². The molecule has 0 spiro atoms. The third-order valence-corrected chi connectivity index (χ3v) is 5.88. The van der Waals surface area contributed by atoms with Crippen LogP contribution in [0.2, 0.25) is 0 Å². The Bertz CT molecular complexity index is 256. The first-order chi connectivity index (χ1) is 8.64. The van der Waals surface area contributed by atoms with Gasteiger partial charge in [0.1, 0.15) is 0 Å². The average molecular weight is 252 g/mol. The third kappa shape index (κ3) is 2.46. The van der Waals surface area contributed by atoms with Crippen LogP contribution in [-0.2, 0) is 0 Å². The molecule has 1 heterocycles. The Hall–Kier alpha value is -0.0800. The summed E-state index contributed by atoms with van der Waals surface area (Å²) in [6.07, 6.45) is 8.21. The Morgan fingerprint density at radius 1 is 1.22 bits per heavy atom. The van der Waals surface area contributed by atoms with Crippen LogP contribution in [0.3, 0.4) is 0 Å². The minimum absolute atomic E-state index is 0.358. The fourth-order valence-electron chi connectivity index (χ4n) is 4.54. The lowest BCUT2D eigenvalue weighted by Gasteiger charge is -2.48. The molecular formula is C16H32N2. The lowest BCUT2D eigenvalue weighted by molar-refractivity contribution is 0.0183. The van der Waals surface area contributed by atoms with Gasteiger partial charge in [-0.1, -0.05) is 33.6 Å². The second-order valence-corrected chi connectivity index (χ2v) is 6.87. The quantitative estimate of drug-likeness (QED) is 0.832. The topological polar surface area (TPSA) is 29.3 Å². The number of rotatable bonds is 4. The molecule has 2 unspecified atom stereocenters. The number of piperidine rings is 1. The molecule has 2 aliphatic rings. The van der Waals surface area contributed by atoms with Gasteiger partial charge in [-0.15, -0.1) is 0 Å². The number of hydrogen-bond donors (Lipinski definition) is 1. The van der Waals surface area contributed by atoms with E-state index in [0.29, 0.717) is 5.54 Å². The van der Waals surface area contributed by atoms with E-state index in [1.165, 1.54) is 51.6 Å². The molecule has 2 fully saturated rings. The van der Waals surface area contributed by atoms with Crippen LogP contribution in [0, 0.1) is 17.8 Å². The number of hydrogen-bond acceptors (Lipinski definition) is 2. The summed E-state index contributed by atoms with van der Waals surface area (Å²) in [7, 11) is 0. The SMILES string of the molecule is CCC1CCCC1(CN)N1CCC(C(C)C)CC1. The molecule has 0 amide bonds. The zero-order chi connectivity index (χ0) is 13.2. The molecule has 2 heteroatoms. The van der Waals surface area contributed by atoms with E-state index < -0.39 is 0 Å². The van der Waals surface area contributed by atoms with Crippen molar-refractivity contribution in [3.8, 4) is 0 Å². The number of likely N-dealkylation sites (tertiary alicyclic amines) is 1. The Balaban J connectivity index is 2.02. The van der Waals surface area contributed by atoms with Gasteiger partial charge in [0.2, 0.25) is 0 Å². The highest BCUT2D eigenvalue weighted by molar-refractivity contribution is 5.02. The maximum atomic E-state index is 6.22. The maximum absolute atomic E-state index is 6.22. The Morgan fingerprint density at radius 3 is 2.39 bits per heavy atom. The van der Waals surface area contributed by atoms with Crippen molar-refractivity contribution >= 4 is 0 Å². The molecule has 1 saturated heterocycles. The molecule has 1 aliphatic carbocycles. The van der Waals surface area contributed by atoms with Crippen LogP contribution in [0.1, 0.15) is 59.3 Å². The molecule has 0 aromatic rings. The molecule has 0 aromatic carbocycles. The minimum atomic E-state index is 0.358. The summed E-state index contributed by atoms with van der Waals surface area (Å²) in [5, 5.41) is 0. The molecule has 0 aromatic heterocycles. The Morgan fingerprint density at radius 2 is 1.89 bits per heavy atom. The van der Waals surface area contributed by atoms with Crippen LogP contribution in [0.5, 0.6) is 0 Å². The van der Waals surface area contributed by atoms with Gasteiger partial charge in [0.15, 0.2) is 0 Å². The fourth-order valence-corrected chi connectivity index (χ4v) is 4.54. The third-order valence-electron chi connectivity index (χ3n) is 5.88. The van der Waals surface area contributed by atoms with Crippen LogP contribution in [0.4, 0.5) is 0 Å². The zero-order valence-electron chi connectivity index (χ0n) is 12.6. The highest BCUT2D eigenvalue weighted by Crippen LogP contribution is 2.43. The predicted octanol–water partition coefficient (Wildman–Crippen LogP) is 3.26. The van der Waals surface area contributed by atoms with Gasteiger partial charge < -0.3 is 5.73 Å². The van der Waals surface area contributed by atoms with Gasteiger partial charge in [-0.25, -0.2) is 0 Å². The molecule has 18 heavy (non-hydrogen) atoms. The van der Waals surface area contributed by atoms with E-state index in [9.17, 15) is 0 Å². The van der Waals surface area contributed by atoms with Gasteiger partial charge in [-0.2, -0.15) is 0 Å². The van der Waals surface area contributed by atoms with Crippen molar-refractivity contribution in [1.29, 1.82) is 0 Å². The van der Waals surface area contributed by atoms with Gasteiger partial charge in [-0.3, -0.25) is 4.90 Å². The molecule has 2 N–H and O–H groups in total. The van der Waals surface area contributed by atoms with Gasteiger partial charge >= 0.3 is 0 Å². The van der Waals surface area contributed by atoms with Gasteiger partial charge in [0, 0.05) is 12.1 Å². The van der Waals surface area contributed by atoms with E-state index in [-0.39, 0.29) is 0 Å². The molecule has 2 nitrogen and oxygen atoms in total. The first kappa shape index (κ1) is 14.3. The average Bonchev–Trinajstić information content (AvgIpc) is 2.82. The van der Waals surface area contributed by atoms with E-state index in [0.717, 1.165) is 24.3 Å². The van der Waals surface area contributed by atoms with Crippen LogP contribution in [0.15, 0.2) is 0 Å². The molecular weight excluding hydrogens is 220 g/mol. The van der Waals surface area contributed by atoms with Crippen molar-refractivity contribution in [1.82, 2.24) is 4.90 Å². The van der Waals surface area contributed by atoms with Crippen LogP contribution >= 0.6 is 0 Å². The van der Waals surface area contributed by atoms with Gasteiger partial charge in [0.25, 0.3) is 0 Å². The van der Waals surface area contributed by atoms with Crippen LogP contribution < -0.4 is 5.73 Å². The largest absolute Gasteiger partial charge is 0.329 e. The van der Waals surface area contributed by atoms with E-state index in [1.807, 2.05) is 0 Å². The first-order valence-corrected chi connectivity index (χ1v) is 8.09. The summed E-state index contributed by atoms with van der Waals surface area (Å²) in [6, 6.07) is 0. The summed E-state index contributed by atoms with van der Waals surface area (Å²) in [4.78, 5) is 2.77. The summed E-state index contributed by atoms with van der Waals surface area (Å²) < 4.78 is 0. The van der Waals surface area contributed by atoms with E-state index in [1.54, 1.807) is 0 Å². The van der Waals surface area contributed by atoms with Gasteiger partial charge in [-0.05, 0) is 56.5 Å². The summed E-state index contributed by atoms with van der Waals surface area (Å²) in [6.45, 7) is 10.6. The second kappa shape index (κ2) is 5.92. The number of nitrogens with zero attached hydrogens (tertiary/aromatic N) is 1. The highest BCUT2D eigenvalue weighted by atomic mass is 15.2. The summed E-state index contributed by atoms with van der Waals surface area (Å²) >= 11 is 0. The Kier molecular flexibility index (Phi) is 4.71. The predicted molar refractivity (Wildman–Crippen MR) is 78.6 cm³/mol. The maximum Gasteiger partial charge on any atom is 0.0359 e. The molecule has 1 aliphatic heterocycles. The zero-order valence-corrected chi connectivity index (χ0v) is 12.6. The Labute approximate surface area is 113 Å². The van der Waals surface area contributed by atoms with E-state index in [4.69, 9.17) is 5.73 Å². The summed E-state index contributed by atoms with van der Waals surface area (Å²) in [5.74, 6) is 2.64. The lowest BCUT2D eigenvalue weighted by Crippen LogP contribution is -2.58. The molecule has 106 valence electrons. The second-order valence-electron chi connectivity index (χ2n) is 6.87. The van der Waals surface area contributed by atoms with E-state index in [2.05, 4.69) is 25.7 Å². The van der Waals surface area contributed by atoms with E-state index >= 15 is 0 Å². The molecule has 0 bridgehead atoms. The molecule has 2 rings (SSSR count). The van der Waals surface area contributed by atoms with Crippen molar-refractivity contribution in [2.45, 2.75) is 64.8 Å². The first-order valence-electron chi connectivity index (χ1n) is 8.09. The van der Waals surface area contributed by atoms with Crippen molar-refractivity contribution in [2.24, 2.45) is 23.5 Å². The highest BCUT2D eigenvalue weighted by Gasteiger charge is 2.46. The van der Waals surface area contributed by atoms with Crippen molar-refractivity contribution < 1.29 is 0 Å². The smallest absolute Gasteiger partial charge is 0.0359 e. The van der Waals surface area contributed by atoms with Gasteiger partial charge in [0.05, 0.1) is 0 Å². The van der Waals surface area contributed by atoms with Crippen molar-refractivity contribution in [3.05, 3.63) is 0 Å². The minimum Gasteiger partial charge on any atom is -0.329 e. The van der Waals surface area contributed by atoms with Crippen molar-refractivity contribution in [2.75, 3.05) is 19.6 Å². The molecule has 2 atom stereocenters. The summed E-state index contributed by atoms with van der Waals surface area (Å²) in [5.41, 5.74) is 6.58. The fraction of sp³-hybridized carbons (Fsp3) is 1.00.